The molecular weight excluding hydrogens is 382 g/mol. The molecule has 2 rings (SSSR count). The van der Waals surface area contributed by atoms with Gasteiger partial charge in [-0.1, -0.05) is 23.7 Å². The minimum absolute atomic E-state index is 0.417. The zero-order valence-electron chi connectivity index (χ0n) is 16.0. The SMILES string of the molecule is CCOc1ccc(/C=C/C(=O)OCC(=O)Nc2ccc(C)cc2Cl)cc1OC. The number of aryl methyl sites for hydroxylation is 1. The maximum absolute atomic E-state index is 11.9. The Labute approximate surface area is 169 Å². The lowest BCUT2D eigenvalue weighted by Crippen LogP contribution is -2.20. The molecule has 2 aromatic rings. The fourth-order valence-electron chi connectivity index (χ4n) is 2.32. The molecular formula is C21H22ClNO5. The number of hydrogen-bond acceptors (Lipinski definition) is 5. The average Bonchev–Trinajstić information content (AvgIpc) is 2.68. The van der Waals surface area contributed by atoms with E-state index >= 15 is 0 Å². The van der Waals surface area contributed by atoms with Gasteiger partial charge in [-0.15, -0.1) is 0 Å². The van der Waals surface area contributed by atoms with Gasteiger partial charge in [-0.3, -0.25) is 4.79 Å². The summed E-state index contributed by atoms with van der Waals surface area (Å²) in [5.41, 5.74) is 2.17. The molecule has 7 heteroatoms. The molecule has 0 aliphatic carbocycles. The average molecular weight is 404 g/mol. The largest absolute Gasteiger partial charge is 0.493 e. The van der Waals surface area contributed by atoms with Crippen LogP contribution >= 0.6 is 11.6 Å². The molecule has 0 aliphatic rings. The zero-order chi connectivity index (χ0) is 20.5. The van der Waals surface area contributed by atoms with Gasteiger partial charge in [0, 0.05) is 6.08 Å². The lowest BCUT2D eigenvalue weighted by molar-refractivity contribution is -0.142. The van der Waals surface area contributed by atoms with Crippen LogP contribution in [0.3, 0.4) is 0 Å². The van der Waals surface area contributed by atoms with E-state index in [0.29, 0.717) is 28.8 Å². The van der Waals surface area contributed by atoms with Gasteiger partial charge in [0.05, 0.1) is 24.4 Å². The summed E-state index contributed by atoms with van der Waals surface area (Å²) in [7, 11) is 1.54. The predicted molar refractivity (Wildman–Crippen MR) is 109 cm³/mol. The lowest BCUT2D eigenvalue weighted by Gasteiger charge is -2.09. The molecule has 0 radical (unpaired) electrons. The Bertz CT molecular complexity index is 879. The molecule has 148 valence electrons. The van der Waals surface area contributed by atoms with E-state index in [0.717, 1.165) is 11.1 Å². The van der Waals surface area contributed by atoms with E-state index in [-0.39, 0.29) is 0 Å². The van der Waals surface area contributed by atoms with Gasteiger partial charge in [0.15, 0.2) is 18.1 Å². The second-order valence-corrected chi connectivity index (χ2v) is 6.22. The molecule has 0 saturated carbocycles. The number of carbonyl (C=O) groups is 2. The van der Waals surface area contributed by atoms with E-state index < -0.39 is 18.5 Å². The Morgan fingerprint density at radius 1 is 1.14 bits per heavy atom. The highest BCUT2D eigenvalue weighted by molar-refractivity contribution is 6.33. The summed E-state index contributed by atoms with van der Waals surface area (Å²) in [6.45, 7) is 3.88. The van der Waals surface area contributed by atoms with Gasteiger partial charge >= 0.3 is 5.97 Å². The zero-order valence-corrected chi connectivity index (χ0v) is 16.7. The molecule has 1 N–H and O–H groups in total. The molecule has 0 spiro atoms. The van der Waals surface area contributed by atoms with Crippen LogP contribution in [0.5, 0.6) is 11.5 Å². The molecule has 28 heavy (non-hydrogen) atoms. The first-order chi connectivity index (χ1) is 13.4. The van der Waals surface area contributed by atoms with Gasteiger partial charge in [-0.25, -0.2) is 4.79 Å². The smallest absolute Gasteiger partial charge is 0.331 e. The third-order valence-electron chi connectivity index (χ3n) is 3.64. The summed E-state index contributed by atoms with van der Waals surface area (Å²) in [5.74, 6) is 0.0659. The maximum Gasteiger partial charge on any atom is 0.331 e. The van der Waals surface area contributed by atoms with Crippen molar-refractivity contribution >= 4 is 35.2 Å². The van der Waals surface area contributed by atoms with Crippen molar-refractivity contribution in [2.24, 2.45) is 0 Å². The van der Waals surface area contributed by atoms with E-state index in [4.69, 9.17) is 25.8 Å². The van der Waals surface area contributed by atoms with Crippen molar-refractivity contribution in [2.75, 3.05) is 25.6 Å². The van der Waals surface area contributed by atoms with E-state index in [1.54, 1.807) is 43.5 Å². The number of benzene rings is 2. The van der Waals surface area contributed by atoms with E-state index in [1.165, 1.54) is 6.08 Å². The fourth-order valence-corrected chi connectivity index (χ4v) is 2.60. The third-order valence-corrected chi connectivity index (χ3v) is 3.96. The molecule has 0 unspecified atom stereocenters. The number of carbonyl (C=O) groups excluding carboxylic acids is 2. The molecule has 0 bridgehead atoms. The van der Waals surface area contributed by atoms with Crippen molar-refractivity contribution < 1.29 is 23.8 Å². The van der Waals surface area contributed by atoms with Crippen molar-refractivity contribution in [1.29, 1.82) is 0 Å². The minimum atomic E-state index is -0.641. The summed E-state index contributed by atoms with van der Waals surface area (Å²) in [6.07, 6.45) is 2.80. The van der Waals surface area contributed by atoms with Gasteiger partial charge in [0.1, 0.15) is 0 Å². The quantitative estimate of drug-likeness (QED) is 0.526. The van der Waals surface area contributed by atoms with Gasteiger partial charge in [-0.05, 0) is 55.3 Å². The van der Waals surface area contributed by atoms with Crippen LogP contribution in [0.25, 0.3) is 6.08 Å². The molecule has 0 atom stereocenters. The first-order valence-corrected chi connectivity index (χ1v) is 9.02. The van der Waals surface area contributed by atoms with Crippen molar-refractivity contribution in [3.63, 3.8) is 0 Å². The van der Waals surface area contributed by atoms with Gasteiger partial charge in [0.25, 0.3) is 5.91 Å². The highest BCUT2D eigenvalue weighted by Crippen LogP contribution is 2.28. The van der Waals surface area contributed by atoms with Gasteiger partial charge in [-0.2, -0.15) is 0 Å². The maximum atomic E-state index is 11.9. The first-order valence-electron chi connectivity index (χ1n) is 8.64. The monoisotopic (exact) mass is 403 g/mol. The summed E-state index contributed by atoms with van der Waals surface area (Å²) >= 11 is 6.06. The molecule has 2 aromatic carbocycles. The number of ether oxygens (including phenoxy) is 3. The Kier molecular flexibility index (Phi) is 7.89. The Morgan fingerprint density at radius 2 is 1.93 bits per heavy atom. The first kappa shape index (κ1) is 21.3. The number of nitrogens with one attached hydrogen (secondary N) is 1. The van der Waals surface area contributed by atoms with Crippen molar-refractivity contribution in [1.82, 2.24) is 0 Å². The molecule has 6 nitrogen and oxygen atoms in total. The molecule has 0 heterocycles. The number of hydrogen-bond donors (Lipinski definition) is 1. The molecule has 0 aliphatic heterocycles. The molecule has 0 saturated heterocycles. The van der Waals surface area contributed by atoms with Crippen LogP contribution in [0, 0.1) is 6.92 Å². The van der Waals surface area contributed by atoms with E-state index in [2.05, 4.69) is 5.32 Å². The predicted octanol–water partition coefficient (Wildman–Crippen LogP) is 4.25. The van der Waals surface area contributed by atoms with E-state index in [1.807, 2.05) is 19.9 Å². The molecule has 1 amide bonds. The van der Waals surface area contributed by atoms with Crippen LogP contribution < -0.4 is 14.8 Å². The van der Waals surface area contributed by atoms with Crippen LogP contribution in [0.15, 0.2) is 42.5 Å². The topological polar surface area (TPSA) is 73.9 Å². The third kappa shape index (κ3) is 6.32. The number of anilines is 1. The van der Waals surface area contributed by atoms with Crippen LogP contribution in [0.2, 0.25) is 5.02 Å². The Balaban J connectivity index is 1.88. The standard InChI is InChI=1S/C21H22ClNO5/c1-4-27-18-9-6-15(12-19(18)26-3)7-10-21(25)28-13-20(24)23-17-8-5-14(2)11-16(17)22/h5-12H,4,13H2,1-3H3,(H,23,24)/b10-7+. The normalized spacial score (nSPS) is 10.6. The van der Waals surface area contributed by atoms with Crippen molar-refractivity contribution in [3.8, 4) is 11.5 Å². The summed E-state index contributed by atoms with van der Waals surface area (Å²) in [5, 5.41) is 3.02. The Morgan fingerprint density at radius 3 is 2.61 bits per heavy atom. The Hall–Kier alpha value is -2.99. The van der Waals surface area contributed by atoms with Gasteiger partial charge in [0.2, 0.25) is 0 Å². The van der Waals surface area contributed by atoms with Crippen LogP contribution in [0.4, 0.5) is 5.69 Å². The number of methoxy groups -OCH3 is 1. The summed E-state index contributed by atoms with van der Waals surface area (Å²) < 4.78 is 15.6. The summed E-state index contributed by atoms with van der Waals surface area (Å²) in [6, 6.07) is 10.5. The van der Waals surface area contributed by atoms with Crippen LogP contribution in [0.1, 0.15) is 18.1 Å². The van der Waals surface area contributed by atoms with Crippen LogP contribution in [-0.2, 0) is 14.3 Å². The van der Waals surface area contributed by atoms with Crippen molar-refractivity contribution in [3.05, 3.63) is 58.6 Å². The lowest BCUT2D eigenvalue weighted by atomic mass is 10.2. The molecule has 0 aromatic heterocycles. The number of esters is 1. The number of amides is 1. The second kappa shape index (κ2) is 10.4. The highest BCUT2D eigenvalue weighted by atomic mass is 35.5. The fraction of sp³-hybridized carbons (Fsp3) is 0.238. The van der Waals surface area contributed by atoms with Gasteiger partial charge < -0.3 is 19.5 Å². The van der Waals surface area contributed by atoms with E-state index in [9.17, 15) is 9.59 Å². The summed E-state index contributed by atoms with van der Waals surface area (Å²) in [4.78, 5) is 23.7. The number of rotatable bonds is 8. The highest BCUT2D eigenvalue weighted by Gasteiger charge is 2.09. The number of halogens is 1. The minimum Gasteiger partial charge on any atom is -0.493 e. The van der Waals surface area contributed by atoms with Crippen LogP contribution in [-0.4, -0.2) is 32.2 Å². The van der Waals surface area contributed by atoms with Crippen molar-refractivity contribution in [2.45, 2.75) is 13.8 Å². The second-order valence-electron chi connectivity index (χ2n) is 5.82. The molecule has 0 fully saturated rings.